The van der Waals surface area contributed by atoms with E-state index in [1.807, 2.05) is 6.92 Å². The number of aliphatic hydroxyl groups is 1. The molecular formula is C12H19NO2. The van der Waals surface area contributed by atoms with Crippen LogP contribution in [0.15, 0.2) is 4.42 Å². The summed E-state index contributed by atoms with van der Waals surface area (Å²) in [6.07, 6.45) is 6.14. The maximum atomic E-state index is 9.08. The zero-order valence-electron chi connectivity index (χ0n) is 9.55. The molecule has 15 heavy (non-hydrogen) atoms. The first-order valence-electron chi connectivity index (χ1n) is 5.73. The predicted molar refractivity (Wildman–Crippen MR) is 57.6 cm³/mol. The Balaban J connectivity index is 2.27. The minimum atomic E-state index is -0.0467. The smallest absolute Gasteiger partial charge is 0.200 e. The first-order chi connectivity index (χ1) is 7.15. The van der Waals surface area contributed by atoms with Crippen LogP contribution in [0.3, 0.4) is 0 Å². The topological polar surface area (TPSA) is 46.3 Å². The van der Waals surface area contributed by atoms with Gasteiger partial charge in [-0.15, -0.1) is 0 Å². The lowest BCUT2D eigenvalue weighted by molar-refractivity contribution is 0.214. The second-order valence-electron chi connectivity index (χ2n) is 4.81. The summed E-state index contributed by atoms with van der Waals surface area (Å²) in [6.45, 7) is 4.07. The van der Waals surface area contributed by atoms with E-state index < -0.39 is 0 Å². The van der Waals surface area contributed by atoms with Gasteiger partial charge in [0.1, 0.15) is 6.61 Å². The maximum absolute atomic E-state index is 9.08. The van der Waals surface area contributed by atoms with Crippen LogP contribution in [0.4, 0.5) is 0 Å². The van der Waals surface area contributed by atoms with Gasteiger partial charge < -0.3 is 9.52 Å². The Morgan fingerprint density at radius 1 is 1.33 bits per heavy atom. The number of aryl methyl sites for hydroxylation is 1. The van der Waals surface area contributed by atoms with Crippen LogP contribution in [0.1, 0.15) is 56.4 Å². The highest BCUT2D eigenvalue weighted by Gasteiger charge is 2.33. The highest BCUT2D eigenvalue weighted by atomic mass is 16.4. The second kappa shape index (κ2) is 3.97. The van der Waals surface area contributed by atoms with Crippen molar-refractivity contribution in [3.05, 3.63) is 17.3 Å². The number of nitrogens with zero attached hydrogens (tertiary/aromatic N) is 1. The maximum Gasteiger partial charge on any atom is 0.200 e. The molecule has 2 rings (SSSR count). The number of aliphatic hydroxyl groups excluding tert-OH is 1. The Hall–Kier alpha value is -0.830. The minimum absolute atomic E-state index is 0.0467. The van der Waals surface area contributed by atoms with E-state index in [0.29, 0.717) is 5.76 Å². The van der Waals surface area contributed by atoms with E-state index in [0.717, 1.165) is 24.4 Å². The molecule has 1 aromatic rings. The zero-order valence-corrected chi connectivity index (χ0v) is 9.55. The van der Waals surface area contributed by atoms with Gasteiger partial charge >= 0.3 is 0 Å². The van der Waals surface area contributed by atoms with Gasteiger partial charge in [-0.2, -0.15) is 0 Å². The molecule has 0 saturated heterocycles. The van der Waals surface area contributed by atoms with Crippen molar-refractivity contribution in [1.29, 1.82) is 0 Å². The summed E-state index contributed by atoms with van der Waals surface area (Å²) in [5.74, 6) is 1.44. The summed E-state index contributed by atoms with van der Waals surface area (Å²) in [6, 6.07) is 0. The van der Waals surface area contributed by atoms with Crippen LogP contribution in [0, 0.1) is 6.92 Å². The Bertz CT molecular complexity index is 337. The average Bonchev–Trinajstić information content (AvgIpc) is 2.61. The van der Waals surface area contributed by atoms with Gasteiger partial charge in [-0.1, -0.05) is 26.2 Å². The van der Waals surface area contributed by atoms with Crippen molar-refractivity contribution in [2.45, 2.75) is 58.0 Å². The molecular weight excluding hydrogens is 190 g/mol. The third kappa shape index (κ3) is 1.93. The summed E-state index contributed by atoms with van der Waals surface area (Å²) in [5.41, 5.74) is 0.926. The van der Waals surface area contributed by atoms with Crippen LogP contribution in [-0.4, -0.2) is 10.1 Å². The molecule has 0 aliphatic heterocycles. The average molecular weight is 209 g/mol. The molecule has 1 aliphatic carbocycles. The number of rotatable bonds is 2. The molecule has 0 radical (unpaired) electrons. The first kappa shape index (κ1) is 10.7. The van der Waals surface area contributed by atoms with Crippen molar-refractivity contribution < 1.29 is 9.52 Å². The molecule has 0 bridgehead atoms. The van der Waals surface area contributed by atoms with E-state index in [1.54, 1.807) is 0 Å². The quantitative estimate of drug-likeness (QED) is 0.814. The summed E-state index contributed by atoms with van der Waals surface area (Å²) >= 11 is 0. The van der Waals surface area contributed by atoms with Crippen LogP contribution in [0.25, 0.3) is 0 Å². The highest BCUT2D eigenvalue weighted by molar-refractivity contribution is 5.13. The summed E-state index contributed by atoms with van der Waals surface area (Å²) in [4.78, 5) is 4.45. The molecule has 3 heteroatoms. The SMILES string of the molecule is Cc1nc(C2(C)CCCCC2)oc1CO. The van der Waals surface area contributed by atoms with Crippen molar-refractivity contribution in [1.82, 2.24) is 4.98 Å². The van der Waals surface area contributed by atoms with Gasteiger partial charge in [0.25, 0.3) is 0 Å². The van der Waals surface area contributed by atoms with Crippen LogP contribution in [0.5, 0.6) is 0 Å². The van der Waals surface area contributed by atoms with Gasteiger partial charge in [0.15, 0.2) is 5.76 Å². The fraction of sp³-hybridized carbons (Fsp3) is 0.750. The number of hydrogen-bond donors (Lipinski definition) is 1. The lowest BCUT2D eigenvalue weighted by Crippen LogP contribution is -2.25. The summed E-state index contributed by atoms with van der Waals surface area (Å²) in [5, 5.41) is 9.08. The monoisotopic (exact) mass is 209 g/mol. The summed E-state index contributed by atoms with van der Waals surface area (Å²) < 4.78 is 5.64. The molecule has 0 atom stereocenters. The first-order valence-corrected chi connectivity index (χ1v) is 5.73. The highest BCUT2D eigenvalue weighted by Crippen LogP contribution is 2.38. The Kier molecular flexibility index (Phi) is 2.83. The largest absolute Gasteiger partial charge is 0.442 e. The zero-order chi connectivity index (χ0) is 10.9. The standard InChI is InChI=1S/C12H19NO2/c1-9-10(8-14)15-11(13-9)12(2)6-4-3-5-7-12/h14H,3-8H2,1-2H3. The van der Waals surface area contributed by atoms with Crippen molar-refractivity contribution in [2.75, 3.05) is 0 Å². The van der Waals surface area contributed by atoms with Gasteiger partial charge in [-0.3, -0.25) is 0 Å². The van der Waals surface area contributed by atoms with Crippen molar-refractivity contribution in [3.8, 4) is 0 Å². The van der Waals surface area contributed by atoms with Crippen molar-refractivity contribution >= 4 is 0 Å². The van der Waals surface area contributed by atoms with Gasteiger partial charge in [0.05, 0.1) is 5.69 Å². The van der Waals surface area contributed by atoms with Crippen molar-refractivity contribution in [2.24, 2.45) is 0 Å². The molecule has 84 valence electrons. The lowest BCUT2D eigenvalue weighted by atomic mass is 9.76. The van der Waals surface area contributed by atoms with Gasteiger partial charge in [0.2, 0.25) is 5.89 Å². The lowest BCUT2D eigenvalue weighted by Gasteiger charge is -2.30. The van der Waals surface area contributed by atoms with Crippen LogP contribution in [0.2, 0.25) is 0 Å². The van der Waals surface area contributed by atoms with Crippen molar-refractivity contribution in [3.63, 3.8) is 0 Å². The normalized spacial score (nSPS) is 20.5. The fourth-order valence-electron chi connectivity index (χ4n) is 2.38. The number of oxazole rings is 1. The third-order valence-electron chi connectivity index (χ3n) is 3.51. The van der Waals surface area contributed by atoms with Crippen LogP contribution < -0.4 is 0 Å². The molecule has 1 N–H and O–H groups in total. The van der Waals surface area contributed by atoms with Gasteiger partial charge in [-0.05, 0) is 19.8 Å². The van der Waals surface area contributed by atoms with Crippen LogP contribution >= 0.6 is 0 Å². The third-order valence-corrected chi connectivity index (χ3v) is 3.51. The molecule has 0 spiro atoms. The molecule has 0 aromatic carbocycles. The Morgan fingerprint density at radius 3 is 2.53 bits per heavy atom. The number of hydrogen-bond acceptors (Lipinski definition) is 3. The van der Waals surface area contributed by atoms with Crippen LogP contribution in [-0.2, 0) is 12.0 Å². The molecule has 0 unspecified atom stereocenters. The molecule has 3 nitrogen and oxygen atoms in total. The van der Waals surface area contributed by atoms with Gasteiger partial charge in [0, 0.05) is 5.41 Å². The summed E-state index contributed by atoms with van der Waals surface area (Å²) in [7, 11) is 0. The predicted octanol–water partition coefficient (Wildman–Crippen LogP) is 2.70. The van der Waals surface area contributed by atoms with E-state index >= 15 is 0 Å². The minimum Gasteiger partial charge on any atom is -0.442 e. The number of aromatic nitrogens is 1. The Labute approximate surface area is 90.5 Å². The molecule has 1 aliphatic rings. The fourth-order valence-corrected chi connectivity index (χ4v) is 2.38. The molecule has 0 amide bonds. The van der Waals surface area contributed by atoms with E-state index in [9.17, 15) is 0 Å². The molecule has 1 saturated carbocycles. The van der Waals surface area contributed by atoms with E-state index in [-0.39, 0.29) is 12.0 Å². The molecule has 1 heterocycles. The molecule has 1 aromatic heterocycles. The second-order valence-corrected chi connectivity index (χ2v) is 4.81. The van der Waals surface area contributed by atoms with E-state index in [4.69, 9.17) is 9.52 Å². The van der Waals surface area contributed by atoms with E-state index in [1.165, 1.54) is 19.3 Å². The van der Waals surface area contributed by atoms with E-state index in [2.05, 4.69) is 11.9 Å². The van der Waals surface area contributed by atoms with Gasteiger partial charge in [-0.25, -0.2) is 4.98 Å². The Morgan fingerprint density at radius 2 is 2.00 bits per heavy atom. The molecule has 1 fully saturated rings.